The highest BCUT2D eigenvalue weighted by Gasteiger charge is 2.30. The third kappa shape index (κ3) is 3.83. The van der Waals surface area contributed by atoms with Gasteiger partial charge in [0.1, 0.15) is 12.4 Å². The Morgan fingerprint density at radius 2 is 2.37 bits per heavy atom. The van der Waals surface area contributed by atoms with Gasteiger partial charge in [-0.1, -0.05) is 0 Å². The molecule has 11 heteroatoms. The summed E-state index contributed by atoms with van der Waals surface area (Å²) in [6.07, 6.45) is -0.321. The van der Waals surface area contributed by atoms with Gasteiger partial charge in [0, 0.05) is 6.20 Å². The largest absolute Gasteiger partial charge is 0.469 e. The van der Waals surface area contributed by atoms with Crippen molar-refractivity contribution in [3.8, 4) is 0 Å². The Labute approximate surface area is 107 Å². The number of hydrogen-bond donors (Lipinski definition) is 3. The van der Waals surface area contributed by atoms with Crippen molar-refractivity contribution in [3.63, 3.8) is 0 Å². The molecule has 1 saturated heterocycles. The van der Waals surface area contributed by atoms with Crippen molar-refractivity contribution in [1.29, 1.82) is 0 Å². The molecule has 2 rings (SSSR count). The normalized spacial score (nSPS) is 23.7. The summed E-state index contributed by atoms with van der Waals surface area (Å²) in [6.45, 7) is -0.418. The molecule has 0 amide bonds. The molecule has 2 unspecified atom stereocenters. The zero-order valence-corrected chi connectivity index (χ0v) is 10.5. The van der Waals surface area contributed by atoms with Gasteiger partial charge in [-0.15, -0.1) is 0 Å². The van der Waals surface area contributed by atoms with Crippen LogP contribution in [0.1, 0.15) is 6.23 Å². The van der Waals surface area contributed by atoms with Crippen LogP contribution in [0.4, 0.5) is 5.82 Å². The van der Waals surface area contributed by atoms with Gasteiger partial charge in [0.05, 0.1) is 6.61 Å². The van der Waals surface area contributed by atoms with Crippen LogP contribution in [0.15, 0.2) is 17.1 Å². The molecule has 1 aliphatic heterocycles. The maximum absolute atomic E-state index is 11.5. The molecule has 0 saturated carbocycles. The third-order valence-corrected chi connectivity index (χ3v) is 2.76. The van der Waals surface area contributed by atoms with E-state index in [0.29, 0.717) is 0 Å². The highest BCUT2D eigenvalue weighted by molar-refractivity contribution is 7.46. The average Bonchev–Trinajstić information content (AvgIpc) is 2.74. The molecule has 0 radical (unpaired) electrons. The van der Waals surface area contributed by atoms with E-state index < -0.39 is 32.6 Å². The highest BCUT2D eigenvalue weighted by atomic mass is 31.2. The lowest BCUT2D eigenvalue weighted by molar-refractivity contribution is -0.0974. The fourth-order valence-electron chi connectivity index (χ4n) is 1.48. The summed E-state index contributed by atoms with van der Waals surface area (Å²) >= 11 is 0. The van der Waals surface area contributed by atoms with E-state index in [1.165, 1.54) is 12.3 Å². The lowest BCUT2D eigenvalue weighted by Gasteiger charge is -2.13. The number of hydrogen-bond acceptors (Lipinski definition) is 7. The molecule has 2 atom stereocenters. The Morgan fingerprint density at radius 1 is 1.63 bits per heavy atom. The summed E-state index contributed by atoms with van der Waals surface area (Å²) in [6, 6.07) is 1.42. The maximum Gasteiger partial charge on any atom is 0.469 e. The number of rotatable bonds is 4. The van der Waals surface area contributed by atoms with Gasteiger partial charge in [0.2, 0.25) is 0 Å². The van der Waals surface area contributed by atoms with Crippen molar-refractivity contribution in [2.75, 3.05) is 18.9 Å². The van der Waals surface area contributed by atoms with Gasteiger partial charge in [-0.2, -0.15) is 4.98 Å². The molecule has 1 aromatic heterocycles. The Kier molecular flexibility index (Phi) is 3.99. The van der Waals surface area contributed by atoms with E-state index >= 15 is 0 Å². The van der Waals surface area contributed by atoms with Crippen molar-refractivity contribution in [1.82, 2.24) is 9.55 Å². The van der Waals surface area contributed by atoms with Crippen LogP contribution >= 0.6 is 7.82 Å². The molecule has 0 aromatic carbocycles. The first-order valence-corrected chi connectivity index (χ1v) is 6.70. The molecular weight excluding hydrogens is 281 g/mol. The maximum atomic E-state index is 11.5. The van der Waals surface area contributed by atoms with Crippen molar-refractivity contribution in [2.45, 2.75) is 12.5 Å². The van der Waals surface area contributed by atoms with Crippen LogP contribution in [0.5, 0.6) is 0 Å². The fourth-order valence-corrected chi connectivity index (χ4v) is 1.80. The van der Waals surface area contributed by atoms with E-state index in [0.717, 1.165) is 4.57 Å². The molecule has 0 aliphatic carbocycles. The summed E-state index contributed by atoms with van der Waals surface area (Å²) in [7, 11) is -4.58. The summed E-state index contributed by atoms with van der Waals surface area (Å²) in [5.41, 5.74) is 4.74. The van der Waals surface area contributed by atoms with E-state index in [-0.39, 0.29) is 12.4 Å². The summed E-state index contributed by atoms with van der Waals surface area (Å²) in [5, 5.41) is 0. The first-order valence-electron chi connectivity index (χ1n) is 5.17. The van der Waals surface area contributed by atoms with Crippen molar-refractivity contribution in [3.05, 3.63) is 22.7 Å². The van der Waals surface area contributed by atoms with Crippen molar-refractivity contribution in [2.24, 2.45) is 0 Å². The fraction of sp³-hybridized carbons (Fsp3) is 0.500. The molecule has 1 aliphatic rings. The molecule has 10 nitrogen and oxygen atoms in total. The summed E-state index contributed by atoms with van der Waals surface area (Å²) < 4.78 is 26.3. The predicted octanol–water partition coefficient (Wildman–Crippen LogP) is -1.19. The second kappa shape index (κ2) is 5.37. The molecule has 106 valence electrons. The molecular formula is C8H12N3O7P. The van der Waals surface area contributed by atoms with E-state index in [1.54, 1.807) is 0 Å². The van der Waals surface area contributed by atoms with Crippen LogP contribution in [0, 0.1) is 0 Å². The minimum atomic E-state index is -4.58. The van der Waals surface area contributed by atoms with Crippen LogP contribution < -0.4 is 11.4 Å². The lowest BCUT2D eigenvalue weighted by Crippen LogP contribution is -2.28. The number of anilines is 1. The molecule has 0 spiro atoms. The SMILES string of the molecule is Nc1ccn(C2COC(COP(=O)(O)O)O2)c(=O)n1. The van der Waals surface area contributed by atoms with Crippen LogP contribution in [-0.4, -0.2) is 38.8 Å². The van der Waals surface area contributed by atoms with Crippen LogP contribution in [0.2, 0.25) is 0 Å². The number of nitrogens with two attached hydrogens (primary N) is 1. The Bertz CT molecular complexity index is 556. The van der Waals surface area contributed by atoms with Gasteiger partial charge in [0.15, 0.2) is 12.5 Å². The molecule has 19 heavy (non-hydrogen) atoms. The average molecular weight is 293 g/mol. The van der Waals surface area contributed by atoms with Crippen LogP contribution in [-0.2, 0) is 18.6 Å². The zero-order valence-electron chi connectivity index (χ0n) is 9.58. The minimum Gasteiger partial charge on any atom is -0.383 e. The molecule has 1 aromatic rings. The van der Waals surface area contributed by atoms with Crippen molar-refractivity contribution < 1.29 is 28.3 Å². The Hall–Kier alpha value is -1.29. The monoisotopic (exact) mass is 293 g/mol. The van der Waals surface area contributed by atoms with E-state index in [9.17, 15) is 9.36 Å². The molecule has 2 heterocycles. The molecule has 0 bridgehead atoms. The number of phosphoric ester groups is 1. The quantitative estimate of drug-likeness (QED) is 0.583. The minimum absolute atomic E-state index is 0.0285. The first kappa shape index (κ1) is 14.1. The number of phosphoric acid groups is 1. The summed E-state index contributed by atoms with van der Waals surface area (Å²) in [5.74, 6) is 0.0848. The van der Waals surface area contributed by atoms with Gasteiger partial charge in [-0.05, 0) is 6.07 Å². The standard InChI is InChI=1S/C8H12N3O7P/c9-5-1-2-11(8(12)10-5)6-3-16-7(18-6)4-17-19(13,14)15/h1-2,6-7H,3-4H2,(H2,9,10,12)(H2,13,14,15). The zero-order chi connectivity index (χ0) is 14.0. The third-order valence-electron chi connectivity index (χ3n) is 2.27. The van der Waals surface area contributed by atoms with E-state index in [2.05, 4.69) is 9.51 Å². The van der Waals surface area contributed by atoms with Gasteiger partial charge in [-0.25, -0.2) is 9.36 Å². The van der Waals surface area contributed by atoms with Crippen LogP contribution in [0.25, 0.3) is 0 Å². The lowest BCUT2D eigenvalue weighted by atomic mass is 10.5. The van der Waals surface area contributed by atoms with Gasteiger partial charge < -0.3 is 25.0 Å². The van der Waals surface area contributed by atoms with Gasteiger partial charge in [-0.3, -0.25) is 9.09 Å². The van der Waals surface area contributed by atoms with Gasteiger partial charge in [0.25, 0.3) is 0 Å². The second-order valence-electron chi connectivity index (χ2n) is 3.68. The second-order valence-corrected chi connectivity index (χ2v) is 4.92. The number of aromatic nitrogens is 2. The van der Waals surface area contributed by atoms with E-state index in [4.69, 9.17) is 25.0 Å². The number of nitrogen functional groups attached to an aromatic ring is 1. The topological polar surface area (TPSA) is 146 Å². The Balaban J connectivity index is 1.98. The summed E-state index contributed by atoms with van der Waals surface area (Å²) in [4.78, 5) is 32.1. The first-order chi connectivity index (χ1) is 8.85. The number of ether oxygens (including phenoxy) is 2. The molecule has 1 fully saturated rings. The van der Waals surface area contributed by atoms with Gasteiger partial charge >= 0.3 is 13.5 Å². The smallest absolute Gasteiger partial charge is 0.383 e. The predicted molar refractivity (Wildman–Crippen MR) is 60.8 cm³/mol. The number of nitrogens with zero attached hydrogens (tertiary/aromatic N) is 2. The Morgan fingerprint density at radius 3 is 3.00 bits per heavy atom. The van der Waals surface area contributed by atoms with Crippen LogP contribution in [0.3, 0.4) is 0 Å². The van der Waals surface area contributed by atoms with E-state index in [1.807, 2.05) is 0 Å². The highest BCUT2D eigenvalue weighted by Crippen LogP contribution is 2.36. The van der Waals surface area contributed by atoms with Crippen molar-refractivity contribution >= 4 is 13.6 Å². The molecule has 4 N–H and O–H groups in total.